The number of anilines is 1. The number of halogens is 3. The first kappa shape index (κ1) is 24.3. The van der Waals surface area contributed by atoms with Crippen molar-refractivity contribution in [1.29, 1.82) is 0 Å². The molecule has 2 aromatic rings. The van der Waals surface area contributed by atoms with Gasteiger partial charge in [-0.15, -0.1) is 0 Å². The zero-order valence-electron chi connectivity index (χ0n) is 16.2. The number of amides is 1. The highest BCUT2D eigenvalue weighted by Gasteiger charge is 2.27. The molecular weight excluding hydrogens is 441 g/mol. The third-order valence-electron chi connectivity index (χ3n) is 3.81. The van der Waals surface area contributed by atoms with E-state index in [9.17, 15) is 31.2 Å². The molecule has 2 rings (SSSR count). The minimum absolute atomic E-state index is 0.0791. The normalized spacial score (nSPS) is 12.8. The number of sulfonamides is 1. The van der Waals surface area contributed by atoms with Crippen LogP contribution in [0.3, 0.4) is 0 Å². The van der Waals surface area contributed by atoms with Crippen molar-refractivity contribution in [3.63, 3.8) is 0 Å². The second-order valence-corrected chi connectivity index (χ2v) is 7.98. The fourth-order valence-electron chi connectivity index (χ4n) is 2.30. The average molecular weight is 460 g/mol. The van der Waals surface area contributed by atoms with Crippen LogP contribution in [0.2, 0.25) is 0 Å². The van der Waals surface area contributed by atoms with Crippen LogP contribution in [0, 0.1) is 0 Å². The fraction of sp³-hybridized carbons (Fsp3) is 0.263. The number of nitrogens with one attached hydrogen (secondary N) is 1. The van der Waals surface area contributed by atoms with Crippen molar-refractivity contribution in [1.82, 2.24) is 0 Å². The first-order valence-corrected chi connectivity index (χ1v) is 10.3. The van der Waals surface area contributed by atoms with Gasteiger partial charge in [-0.25, -0.2) is 18.4 Å². The number of rotatable bonds is 8. The summed E-state index contributed by atoms with van der Waals surface area (Å²) in [5.74, 6) is -1.54. The molecule has 31 heavy (non-hydrogen) atoms. The number of nitrogens with two attached hydrogens (primary N) is 1. The first-order chi connectivity index (χ1) is 14.3. The van der Waals surface area contributed by atoms with Crippen LogP contribution in [0.5, 0.6) is 0 Å². The zero-order valence-corrected chi connectivity index (χ0v) is 17.0. The van der Waals surface area contributed by atoms with E-state index in [2.05, 4.69) is 10.1 Å². The number of ether oxygens (including phenoxy) is 2. The van der Waals surface area contributed by atoms with E-state index in [1.54, 1.807) is 0 Å². The molecule has 8 nitrogen and oxygen atoms in total. The molecule has 1 amide bonds. The lowest BCUT2D eigenvalue weighted by Gasteiger charge is -2.14. The molecule has 0 saturated carbocycles. The summed E-state index contributed by atoms with van der Waals surface area (Å²) in [6, 6.07) is 10.7. The van der Waals surface area contributed by atoms with Crippen molar-refractivity contribution >= 4 is 27.6 Å². The third-order valence-corrected chi connectivity index (χ3v) is 4.72. The van der Waals surface area contributed by atoms with Crippen molar-refractivity contribution in [2.24, 2.45) is 5.14 Å². The SMILES string of the molecule is CC(OC(=O)c1ccc(COCC(F)(F)F)cc1)C(=O)Nc1cccc(S(N)(=O)=O)c1. The number of primary sulfonamides is 1. The van der Waals surface area contributed by atoms with Gasteiger partial charge in [-0.05, 0) is 42.8 Å². The molecule has 0 aliphatic rings. The lowest BCUT2D eigenvalue weighted by molar-refractivity contribution is -0.176. The third kappa shape index (κ3) is 8.00. The quantitative estimate of drug-likeness (QED) is 0.584. The van der Waals surface area contributed by atoms with Gasteiger partial charge in [0.05, 0.1) is 17.1 Å². The number of carbonyl (C=O) groups excluding carboxylic acids is 2. The summed E-state index contributed by atoms with van der Waals surface area (Å²) >= 11 is 0. The van der Waals surface area contributed by atoms with Crippen molar-refractivity contribution < 1.29 is 40.7 Å². The summed E-state index contributed by atoms with van der Waals surface area (Å²) in [7, 11) is -3.95. The molecule has 0 aromatic heterocycles. The van der Waals surface area contributed by atoms with Crippen molar-refractivity contribution in [2.45, 2.75) is 30.7 Å². The number of carbonyl (C=O) groups is 2. The highest BCUT2D eigenvalue weighted by atomic mass is 32.2. The molecule has 0 aliphatic heterocycles. The van der Waals surface area contributed by atoms with Crippen LogP contribution in [-0.4, -0.2) is 39.2 Å². The smallest absolute Gasteiger partial charge is 0.411 e. The molecule has 1 unspecified atom stereocenters. The molecule has 0 radical (unpaired) electrons. The van der Waals surface area contributed by atoms with E-state index in [0.717, 1.165) is 6.07 Å². The molecule has 0 saturated heterocycles. The Labute approximate surface area is 176 Å². The predicted molar refractivity (Wildman–Crippen MR) is 103 cm³/mol. The largest absolute Gasteiger partial charge is 0.449 e. The van der Waals surface area contributed by atoms with E-state index in [1.807, 2.05) is 0 Å². The molecule has 0 heterocycles. The van der Waals surface area contributed by atoms with Gasteiger partial charge in [0, 0.05) is 5.69 Å². The standard InChI is InChI=1S/C19H19F3N2O6S/c1-12(17(25)24-15-3-2-4-16(9-15)31(23,27)28)30-18(26)14-7-5-13(6-8-14)10-29-11-19(20,21)22/h2-9,12H,10-11H2,1H3,(H,24,25)(H2,23,27,28). The van der Waals surface area contributed by atoms with E-state index in [0.29, 0.717) is 5.56 Å². The Morgan fingerprint density at radius 3 is 2.35 bits per heavy atom. The molecule has 0 bridgehead atoms. The Morgan fingerprint density at radius 1 is 1.13 bits per heavy atom. The Hall–Kier alpha value is -2.96. The molecule has 2 aromatic carbocycles. The Morgan fingerprint density at radius 2 is 1.77 bits per heavy atom. The topological polar surface area (TPSA) is 125 Å². The van der Waals surface area contributed by atoms with E-state index in [4.69, 9.17) is 9.88 Å². The van der Waals surface area contributed by atoms with E-state index in [-0.39, 0.29) is 22.8 Å². The molecule has 168 valence electrons. The monoisotopic (exact) mass is 460 g/mol. The average Bonchev–Trinajstić information content (AvgIpc) is 2.67. The molecule has 3 N–H and O–H groups in total. The minimum Gasteiger partial charge on any atom is -0.449 e. The lowest BCUT2D eigenvalue weighted by atomic mass is 10.1. The molecule has 1 atom stereocenters. The summed E-state index contributed by atoms with van der Waals surface area (Å²) in [5.41, 5.74) is 0.638. The summed E-state index contributed by atoms with van der Waals surface area (Å²) in [5, 5.41) is 7.45. The number of alkyl halides is 3. The van der Waals surface area contributed by atoms with Gasteiger partial charge >= 0.3 is 12.1 Å². The lowest BCUT2D eigenvalue weighted by Crippen LogP contribution is -2.30. The highest BCUT2D eigenvalue weighted by molar-refractivity contribution is 7.89. The number of benzene rings is 2. The van der Waals surface area contributed by atoms with Gasteiger partial charge in [-0.1, -0.05) is 18.2 Å². The minimum atomic E-state index is -4.43. The van der Waals surface area contributed by atoms with Gasteiger partial charge in [-0.3, -0.25) is 4.79 Å². The van der Waals surface area contributed by atoms with Crippen molar-refractivity contribution in [3.8, 4) is 0 Å². The van der Waals surface area contributed by atoms with Crippen molar-refractivity contribution in [3.05, 3.63) is 59.7 Å². The summed E-state index contributed by atoms with van der Waals surface area (Å²) in [6.45, 7) is -0.356. The van der Waals surface area contributed by atoms with Crippen LogP contribution < -0.4 is 10.5 Å². The van der Waals surface area contributed by atoms with Gasteiger partial charge in [0.1, 0.15) is 6.61 Å². The Balaban J connectivity index is 1.92. The molecule has 12 heteroatoms. The van der Waals surface area contributed by atoms with Crippen LogP contribution in [0.25, 0.3) is 0 Å². The Bertz CT molecular complexity index is 1040. The first-order valence-electron chi connectivity index (χ1n) is 8.73. The number of esters is 1. The van der Waals surface area contributed by atoms with E-state index < -0.39 is 40.8 Å². The Kier molecular flexibility index (Phi) is 7.76. The summed E-state index contributed by atoms with van der Waals surface area (Å²) < 4.78 is 68.5. The predicted octanol–water partition coefficient (Wildman–Crippen LogP) is 2.60. The maximum absolute atomic E-state index is 12.2. The van der Waals surface area contributed by atoms with Gasteiger partial charge in [0.15, 0.2) is 6.10 Å². The van der Waals surface area contributed by atoms with Gasteiger partial charge in [0.2, 0.25) is 10.0 Å². The van der Waals surface area contributed by atoms with Gasteiger partial charge < -0.3 is 14.8 Å². The van der Waals surface area contributed by atoms with Crippen LogP contribution in [0.1, 0.15) is 22.8 Å². The van der Waals surface area contributed by atoms with E-state index >= 15 is 0 Å². The van der Waals surface area contributed by atoms with Crippen LogP contribution in [0.15, 0.2) is 53.4 Å². The van der Waals surface area contributed by atoms with Gasteiger partial charge in [-0.2, -0.15) is 13.2 Å². The maximum atomic E-state index is 12.2. The second kappa shape index (κ2) is 9.90. The summed E-state index contributed by atoms with van der Waals surface area (Å²) in [4.78, 5) is 24.2. The number of hydrogen-bond acceptors (Lipinski definition) is 6. The van der Waals surface area contributed by atoms with Crippen molar-refractivity contribution in [2.75, 3.05) is 11.9 Å². The van der Waals surface area contributed by atoms with Crippen LogP contribution in [0.4, 0.5) is 18.9 Å². The fourth-order valence-corrected chi connectivity index (χ4v) is 2.86. The van der Waals surface area contributed by atoms with Gasteiger partial charge in [0.25, 0.3) is 5.91 Å². The molecule has 0 fully saturated rings. The zero-order chi connectivity index (χ0) is 23.2. The second-order valence-electron chi connectivity index (χ2n) is 6.41. The number of hydrogen-bond donors (Lipinski definition) is 2. The van der Waals surface area contributed by atoms with E-state index in [1.165, 1.54) is 49.4 Å². The molecule has 0 aliphatic carbocycles. The van der Waals surface area contributed by atoms with Crippen LogP contribution in [-0.2, 0) is 30.9 Å². The highest BCUT2D eigenvalue weighted by Crippen LogP contribution is 2.17. The molecular formula is C19H19F3N2O6S. The molecule has 0 spiro atoms. The summed E-state index contributed by atoms with van der Waals surface area (Å²) in [6.07, 6.45) is -5.65. The van der Waals surface area contributed by atoms with Crippen LogP contribution >= 0.6 is 0 Å². The maximum Gasteiger partial charge on any atom is 0.411 e.